The number of fused-ring (bicyclic) bond motifs is 2. The molecule has 0 aromatic carbocycles. The van der Waals surface area contributed by atoms with Gasteiger partial charge in [0.25, 0.3) is 5.91 Å². The second kappa shape index (κ2) is 6.62. The van der Waals surface area contributed by atoms with E-state index in [1.807, 2.05) is 0 Å². The lowest BCUT2D eigenvalue weighted by molar-refractivity contribution is -0.0942. The zero-order valence-corrected chi connectivity index (χ0v) is 15.2. The van der Waals surface area contributed by atoms with Crippen molar-refractivity contribution in [1.82, 2.24) is 10.2 Å². The van der Waals surface area contributed by atoms with Crippen LogP contribution in [0.25, 0.3) is 0 Å². The molecule has 1 aliphatic carbocycles. The van der Waals surface area contributed by atoms with Gasteiger partial charge in [0.05, 0.1) is 17.1 Å². The molecule has 1 aromatic rings. The molecule has 1 aromatic heterocycles. The van der Waals surface area contributed by atoms with Gasteiger partial charge in [0.1, 0.15) is 0 Å². The van der Waals surface area contributed by atoms with Crippen molar-refractivity contribution in [2.24, 2.45) is 0 Å². The molecule has 130 valence electrons. The van der Waals surface area contributed by atoms with Crippen molar-refractivity contribution in [3.8, 4) is 0 Å². The molecule has 4 nitrogen and oxygen atoms in total. The van der Waals surface area contributed by atoms with Gasteiger partial charge in [0, 0.05) is 30.4 Å². The van der Waals surface area contributed by atoms with Gasteiger partial charge in [0.15, 0.2) is 0 Å². The Hall–Kier alpha value is -1.17. The molecule has 1 saturated heterocycles. The fraction of sp³-hybridized carbons (Fsp3) is 0.632. The zero-order valence-electron chi connectivity index (χ0n) is 14.3. The van der Waals surface area contributed by atoms with Crippen LogP contribution in [0, 0.1) is 0 Å². The van der Waals surface area contributed by atoms with Gasteiger partial charge >= 0.3 is 0 Å². The summed E-state index contributed by atoms with van der Waals surface area (Å²) in [7, 11) is 2.17. The van der Waals surface area contributed by atoms with Crippen molar-refractivity contribution in [3.63, 3.8) is 0 Å². The van der Waals surface area contributed by atoms with Crippen molar-refractivity contribution in [3.05, 3.63) is 33.5 Å². The number of piperidine rings is 1. The number of hydrogen-bond acceptors (Lipinski definition) is 4. The summed E-state index contributed by atoms with van der Waals surface area (Å²) in [5, 5.41) is 3.18. The number of carbonyl (C=O) groups is 1. The van der Waals surface area contributed by atoms with Gasteiger partial charge in [-0.25, -0.2) is 0 Å². The van der Waals surface area contributed by atoms with Gasteiger partial charge in [-0.3, -0.25) is 4.79 Å². The van der Waals surface area contributed by atoms with Gasteiger partial charge in [-0.15, -0.1) is 11.3 Å². The summed E-state index contributed by atoms with van der Waals surface area (Å²) in [6.45, 7) is 2.90. The van der Waals surface area contributed by atoms with Gasteiger partial charge in [-0.1, -0.05) is 12.2 Å². The maximum Gasteiger partial charge on any atom is 0.261 e. The highest BCUT2D eigenvalue weighted by molar-refractivity contribution is 7.14. The lowest BCUT2D eigenvalue weighted by Gasteiger charge is -2.43. The summed E-state index contributed by atoms with van der Waals surface area (Å²) in [4.78, 5) is 17.2. The standard InChI is InChI=1S/C19H26N2O2S/c1-21-10-8-19(9-11-21)15-13-17(24-16(15)7-12-23-19)18(22)20-14-5-3-2-4-6-14/h3,5,13-14H,2,4,6-12H2,1H3,(H,20,22). The largest absolute Gasteiger partial charge is 0.370 e. The quantitative estimate of drug-likeness (QED) is 0.837. The van der Waals surface area contributed by atoms with Crippen LogP contribution in [0.5, 0.6) is 0 Å². The number of rotatable bonds is 2. The number of hydrogen-bond donors (Lipinski definition) is 1. The summed E-state index contributed by atoms with van der Waals surface area (Å²) in [5.74, 6) is 0.0778. The highest BCUT2D eigenvalue weighted by atomic mass is 32.1. The molecule has 5 heteroatoms. The maximum absolute atomic E-state index is 12.7. The number of nitrogens with one attached hydrogen (secondary N) is 1. The monoisotopic (exact) mass is 346 g/mol. The average molecular weight is 346 g/mol. The molecule has 1 fully saturated rings. The fourth-order valence-corrected chi connectivity index (χ4v) is 5.23. The summed E-state index contributed by atoms with van der Waals surface area (Å²) < 4.78 is 6.26. The van der Waals surface area contributed by atoms with Gasteiger partial charge in [-0.2, -0.15) is 0 Å². The van der Waals surface area contributed by atoms with E-state index in [0.717, 1.165) is 63.1 Å². The Bertz CT molecular complexity index is 644. The van der Waals surface area contributed by atoms with E-state index in [4.69, 9.17) is 4.74 Å². The third-order valence-electron chi connectivity index (χ3n) is 5.60. The second-order valence-electron chi connectivity index (χ2n) is 7.28. The highest BCUT2D eigenvalue weighted by Gasteiger charge is 2.41. The van der Waals surface area contributed by atoms with Crippen LogP contribution in [0.15, 0.2) is 18.2 Å². The van der Waals surface area contributed by atoms with Gasteiger partial charge in [-0.05, 0) is 50.8 Å². The van der Waals surface area contributed by atoms with E-state index < -0.39 is 0 Å². The molecule has 0 bridgehead atoms. The third kappa shape index (κ3) is 3.05. The van der Waals surface area contributed by atoms with E-state index in [9.17, 15) is 4.79 Å². The number of likely N-dealkylation sites (tertiary alicyclic amines) is 1. The van der Waals surface area contributed by atoms with Crippen molar-refractivity contribution in [2.75, 3.05) is 26.7 Å². The maximum atomic E-state index is 12.7. The van der Waals surface area contributed by atoms with Crippen LogP contribution in [0.4, 0.5) is 0 Å². The van der Waals surface area contributed by atoms with Crippen molar-refractivity contribution in [1.29, 1.82) is 0 Å². The smallest absolute Gasteiger partial charge is 0.261 e. The Morgan fingerprint density at radius 3 is 3.00 bits per heavy atom. The Balaban J connectivity index is 1.54. The minimum atomic E-state index is -0.153. The minimum Gasteiger partial charge on any atom is -0.370 e. The van der Waals surface area contributed by atoms with Gasteiger partial charge < -0.3 is 15.0 Å². The third-order valence-corrected chi connectivity index (χ3v) is 6.79. The summed E-state index contributed by atoms with van der Waals surface area (Å²) in [6.07, 6.45) is 10.6. The highest BCUT2D eigenvalue weighted by Crippen LogP contribution is 2.44. The van der Waals surface area contributed by atoms with Crippen LogP contribution >= 0.6 is 11.3 Å². The SMILES string of the molecule is CN1CCC2(CC1)OCCc1sc(C(=O)NC3C=CCCC3)cc12. The molecule has 1 unspecified atom stereocenters. The molecule has 1 spiro atoms. The van der Waals surface area contributed by atoms with Crippen LogP contribution in [0.2, 0.25) is 0 Å². The van der Waals surface area contributed by atoms with Crippen LogP contribution in [-0.2, 0) is 16.8 Å². The molecule has 0 saturated carbocycles. The number of amides is 1. The summed E-state index contributed by atoms with van der Waals surface area (Å²) in [5.41, 5.74) is 1.14. The topological polar surface area (TPSA) is 41.6 Å². The molecule has 1 N–H and O–H groups in total. The molecule has 24 heavy (non-hydrogen) atoms. The first-order chi connectivity index (χ1) is 11.7. The van der Waals surface area contributed by atoms with E-state index in [0.29, 0.717) is 0 Å². The average Bonchev–Trinajstić information content (AvgIpc) is 3.05. The lowest BCUT2D eigenvalue weighted by Crippen LogP contribution is -2.44. The second-order valence-corrected chi connectivity index (χ2v) is 8.42. The first-order valence-electron chi connectivity index (χ1n) is 9.09. The molecule has 1 amide bonds. The van der Waals surface area contributed by atoms with E-state index >= 15 is 0 Å². The van der Waals surface area contributed by atoms with E-state index in [1.54, 1.807) is 11.3 Å². The molecule has 1 atom stereocenters. The molecule has 2 aliphatic heterocycles. The normalized spacial score (nSPS) is 26.3. The predicted molar refractivity (Wildman–Crippen MR) is 96.6 cm³/mol. The molecule has 0 radical (unpaired) electrons. The lowest BCUT2D eigenvalue weighted by atomic mass is 9.82. The minimum absolute atomic E-state index is 0.0778. The van der Waals surface area contributed by atoms with Crippen molar-refractivity contribution in [2.45, 2.75) is 50.2 Å². The zero-order chi connectivity index (χ0) is 16.6. The number of allylic oxidation sites excluding steroid dienone is 1. The Kier molecular flexibility index (Phi) is 4.50. The van der Waals surface area contributed by atoms with Crippen LogP contribution in [-0.4, -0.2) is 43.6 Å². The molecule has 3 aliphatic rings. The van der Waals surface area contributed by atoms with Crippen LogP contribution in [0.3, 0.4) is 0 Å². The Labute approximate surface area is 147 Å². The number of ether oxygens (including phenoxy) is 1. The van der Waals surface area contributed by atoms with Crippen molar-refractivity contribution < 1.29 is 9.53 Å². The van der Waals surface area contributed by atoms with E-state index in [2.05, 4.69) is 35.5 Å². The first kappa shape index (κ1) is 16.3. The number of nitrogens with zero attached hydrogens (tertiary/aromatic N) is 1. The summed E-state index contributed by atoms with van der Waals surface area (Å²) >= 11 is 1.67. The fourth-order valence-electron chi connectivity index (χ4n) is 4.09. The van der Waals surface area contributed by atoms with Crippen LogP contribution in [0.1, 0.15) is 52.2 Å². The van der Waals surface area contributed by atoms with E-state index in [1.165, 1.54) is 10.4 Å². The number of carbonyl (C=O) groups excluding carboxylic acids is 1. The van der Waals surface area contributed by atoms with Gasteiger partial charge in [0.2, 0.25) is 0 Å². The Morgan fingerprint density at radius 2 is 2.25 bits per heavy atom. The van der Waals surface area contributed by atoms with E-state index in [-0.39, 0.29) is 17.6 Å². The summed E-state index contributed by atoms with van der Waals surface area (Å²) in [6, 6.07) is 2.31. The predicted octanol–water partition coefficient (Wildman–Crippen LogP) is 3.08. The molecular weight excluding hydrogens is 320 g/mol. The molecular formula is C19H26N2O2S. The molecule has 4 rings (SSSR count). The van der Waals surface area contributed by atoms with Crippen LogP contribution < -0.4 is 5.32 Å². The first-order valence-corrected chi connectivity index (χ1v) is 9.91. The Morgan fingerprint density at radius 1 is 1.42 bits per heavy atom. The number of thiophene rings is 1. The molecule has 3 heterocycles. The van der Waals surface area contributed by atoms with Crippen molar-refractivity contribution >= 4 is 17.2 Å².